The molecule has 0 rings (SSSR count). The van der Waals surface area contributed by atoms with E-state index in [0.717, 1.165) is 13.0 Å². The lowest BCUT2D eigenvalue weighted by Gasteiger charge is -2.19. The van der Waals surface area contributed by atoms with Crippen molar-refractivity contribution in [2.75, 3.05) is 6.61 Å². The maximum absolute atomic E-state index is 5.76. The van der Waals surface area contributed by atoms with Gasteiger partial charge >= 0.3 is 0 Å². The first-order valence-corrected chi connectivity index (χ1v) is 6.93. The molecule has 0 aliphatic carbocycles. The molecule has 1 nitrogen and oxygen atoms in total. The van der Waals surface area contributed by atoms with E-state index in [1.807, 2.05) is 17.1 Å². The summed E-state index contributed by atoms with van der Waals surface area (Å²) in [5, 5.41) is 0. The smallest absolute Gasteiger partial charge is 0.264 e. The first-order chi connectivity index (χ1) is 6.24. The van der Waals surface area contributed by atoms with Crippen LogP contribution in [0.25, 0.3) is 0 Å². The molecule has 0 aliphatic rings. The zero-order chi connectivity index (χ0) is 10.2. The Morgan fingerprint density at radius 3 is 2.00 bits per heavy atom. The SMILES string of the molecule is C=C[Si](C=C)(C=C)OCCCCC. The lowest BCUT2D eigenvalue weighted by Crippen LogP contribution is -2.32. The molecule has 0 heterocycles. The van der Waals surface area contributed by atoms with E-state index in [4.69, 9.17) is 4.43 Å². The van der Waals surface area contributed by atoms with E-state index in [0.29, 0.717) is 0 Å². The van der Waals surface area contributed by atoms with Crippen molar-refractivity contribution in [1.82, 2.24) is 0 Å². The van der Waals surface area contributed by atoms with E-state index < -0.39 is 8.32 Å². The first kappa shape index (κ1) is 12.4. The van der Waals surface area contributed by atoms with E-state index in [-0.39, 0.29) is 0 Å². The number of rotatable bonds is 8. The van der Waals surface area contributed by atoms with Crippen LogP contribution in [0.15, 0.2) is 36.8 Å². The summed E-state index contributed by atoms with van der Waals surface area (Å²) < 4.78 is 5.76. The van der Waals surface area contributed by atoms with Crippen LogP contribution in [0.5, 0.6) is 0 Å². The Morgan fingerprint density at radius 2 is 1.62 bits per heavy atom. The molecular formula is C11H20OSi. The highest BCUT2D eigenvalue weighted by atomic mass is 28.4. The normalized spacial score (nSPS) is 10.8. The molecule has 0 unspecified atom stereocenters. The van der Waals surface area contributed by atoms with Gasteiger partial charge in [0.25, 0.3) is 8.32 Å². The molecule has 0 spiro atoms. The minimum Gasteiger partial charge on any atom is -0.405 e. The molecule has 0 amide bonds. The van der Waals surface area contributed by atoms with Crippen molar-refractivity contribution < 1.29 is 4.43 Å². The fourth-order valence-corrected chi connectivity index (χ4v) is 2.38. The molecule has 0 N–H and O–H groups in total. The number of hydrogen-bond acceptors (Lipinski definition) is 1. The largest absolute Gasteiger partial charge is 0.405 e. The minimum absolute atomic E-state index is 0.796. The summed E-state index contributed by atoms with van der Waals surface area (Å²) in [6.45, 7) is 14.3. The van der Waals surface area contributed by atoms with Crippen molar-refractivity contribution in [1.29, 1.82) is 0 Å². The second-order valence-corrected chi connectivity index (χ2v) is 6.24. The van der Waals surface area contributed by atoms with Gasteiger partial charge in [0.1, 0.15) is 0 Å². The molecular weight excluding hydrogens is 176 g/mol. The highest BCUT2D eigenvalue weighted by Gasteiger charge is 2.22. The van der Waals surface area contributed by atoms with Gasteiger partial charge in [0.15, 0.2) is 0 Å². The molecule has 0 atom stereocenters. The molecule has 2 heteroatoms. The molecule has 13 heavy (non-hydrogen) atoms. The van der Waals surface area contributed by atoms with E-state index in [9.17, 15) is 0 Å². The Bertz CT molecular complexity index is 153. The van der Waals surface area contributed by atoms with Crippen LogP contribution >= 0.6 is 0 Å². The summed E-state index contributed by atoms with van der Waals surface area (Å²) in [6, 6.07) is 0. The third-order valence-corrected chi connectivity index (χ3v) is 4.68. The van der Waals surface area contributed by atoms with Gasteiger partial charge in [0.05, 0.1) is 0 Å². The van der Waals surface area contributed by atoms with Crippen molar-refractivity contribution >= 4 is 8.32 Å². The summed E-state index contributed by atoms with van der Waals surface area (Å²) >= 11 is 0. The van der Waals surface area contributed by atoms with Crippen molar-refractivity contribution in [3.05, 3.63) is 36.8 Å². The topological polar surface area (TPSA) is 9.23 Å². The molecule has 0 aromatic rings. The highest BCUT2D eigenvalue weighted by Crippen LogP contribution is 2.10. The zero-order valence-corrected chi connectivity index (χ0v) is 9.59. The quantitative estimate of drug-likeness (QED) is 0.427. The standard InChI is InChI=1S/C11H20OSi/c1-5-9-10-11-12-13(6-2,7-3)8-4/h6-8H,2-5,9-11H2,1H3. The fourth-order valence-electron chi connectivity index (χ4n) is 1.03. The van der Waals surface area contributed by atoms with Crippen LogP contribution in [0, 0.1) is 0 Å². The average molecular weight is 196 g/mol. The lowest BCUT2D eigenvalue weighted by atomic mass is 10.3. The van der Waals surface area contributed by atoms with Crippen LogP contribution in [0.1, 0.15) is 26.2 Å². The molecule has 0 aromatic carbocycles. The Morgan fingerprint density at radius 1 is 1.08 bits per heavy atom. The van der Waals surface area contributed by atoms with Gasteiger partial charge < -0.3 is 4.43 Å². The third-order valence-electron chi connectivity index (χ3n) is 2.06. The van der Waals surface area contributed by atoms with Gasteiger partial charge in [-0.25, -0.2) is 0 Å². The van der Waals surface area contributed by atoms with Crippen LogP contribution in [-0.2, 0) is 4.43 Å². The zero-order valence-electron chi connectivity index (χ0n) is 8.59. The predicted molar refractivity (Wildman–Crippen MR) is 61.8 cm³/mol. The highest BCUT2D eigenvalue weighted by molar-refractivity contribution is 6.87. The molecule has 0 saturated carbocycles. The predicted octanol–water partition coefficient (Wildman–Crippen LogP) is 3.31. The first-order valence-electron chi connectivity index (χ1n) is 4.79. The third kappa shape index (κ3) is 4.25. The number of hydrogen-bond donors (Lipinski definition) is 0. The second-order valence-electron chi connectivity index (χ2n) is 3.02. The van der Waals surface area contributed by atoms with Crippen LogP contribution in [0.2, 0.25) is 0 Å². The summed E-state index contributed by atoms with van der Waals surface area (Å²) in [5.74, 6) is 0. The molecule has 0 radical (unpaired) electrons. The molecule has 74 valence electrons. The molecule has 0 saturated heterocycles. The second kappa shape index (κ2) is 6.86. The van der Waals surface area contributed by atoms with Gasteiger partial charge in [-0.2, -0.15) is 0 Å². The van der Waals surface area contributed by atoms with Crippen LogP contribution in [0.3, 0.4) is 0 Å². The summed E-state index contributed by atoms with van der Waals surface area (Å²) in [6.07, 6.45) is 3.55. The fraction of sp³-hybridized carbons (Fsp3) is 0.455. The van der Waals surface area contributed by atoms with Gasteiger partial charge in [-0.1, -0.05) is 36.9 Å². The molecule has 0 bridgehead atoms. The van der Waals surface area contributed by atoms with Gasteiger partial charge in [0, 0.05) is 6.61 Å². The minimum atomic E-state index is -1.98. The Balaban J connectivity index is 3.89. The van der Waals surface area contributed by atoms with Crippen LogP contribution < -0.4 is 0 Å². The number of unbranched alkanes of at least 4 members (excludes halogenated alkanes) is 2. The van der Waals surface area contributed by atoms with Crippen molar-refractivity contribution in [2.45, 2.75) is 26.2 Å². The molecule has 0 fully saturated rings. The van der Waals surface area contributed by atoms with E-state index >= 15 is 0 Å². The summed E-state index contributed by atoms with van der Waals surface area (Å²) in [7, 11) is -1.98. The Hall–Kier alpha value is -0.603. The average Bonchev–Trinajstić information content (AvgIpc) is 2.20. The Labute approximate surface area is 82.9 Å². The van der Waals surface area contributed by atoms with Gasteiger partial charge in [-0.05, 0) is 6.42 Å². The lowest BCUT2D eigenvalue weighted by molar-refractivity contribution is 0.309. The Kier molecular flexibility index (Phi) is 6.55. The maximum Gasteiger partial charge on any atom is 0.264 e. The van der Waals surface area contributed by atoms with Gasteiger partial charge in [0.2, 0.25) is 0 Å². The van der Waals surface area contributed by atoms with Crippen molar-refractivity contribution in [2.24, 2.45) is 0 Å². The van der Waals surface area contributed by atoms with Crippen molar-refractivity contribution in [3.8, 4) is 0 Å². The summed E-state index contributed by atoms with van der Waals surface area (Å²) in [5.41, 5.74) is 5.58. The van der Waals surface area contributed by atoms with E-state index in [1.165, 1.54) is 12.8 Å². The van der Waals surface area contributed by atoms with Crippen molar-refractivity contribution in [3.63, 3.8) is 0 Å². The summed E-state index contributed by atoms with van der Waals surface area (Å²) in [4.78, 5) is 0. The maximum atomic E-state index is 5.76. The van der Waals surface area contributed by atoms with Gasteiger partial charge in [-0.15, -0.1) is 19.7 Å². The van der Waals surface area contributed by atoms with Gasteiger partial charge in [-0.3, -0.25) is 0 Å². The molecule has 0 aromatic heterocycles. The van der Waals surface area contributed by atoms with Crippen LogP contribution in [-0.4, -0.2) is 14.9 Å². The van der Waals surface area contributed by atoms with E-state index in [2.05, 4.69) is 26.7 Å². The van der Waals surface area contributed by atoms with Crippen LogP contribution in [0.4, 0.5) is 0 Å². The monoisotopic (exact) mass is 196 g/mol. The van der Waals surface area contributed by atoms with E-state index in [1.54, 1.807) is 0 Å². The molecule has 0 aliphatic heterocycles.